The molecule has 2 aromatic rings. The average Bonchev–Trinajstić information content (AvgIpc) is 2.95. The summed E-state index contributed by atoms with van der Waals surface area (Å²) in [4.78, 5) is 11.2. The van der Waals surface area contributed by atoms with E-state index in [-0.39, 0.29) is 5.82 Å². The summed E-state index contributed by atoms with van der Waals surface area (Å²) >= 11 is 1.66. The van der Waals surface area contributed by atoms with Gasteiger partial charge in [0.2, 0.25) is 0 Å². The molecule has 0 aliphatic carbocycles. The fraction of sp³-hybridized carbons (Fsp3) is 0.444. The Morgan fingerprint density at radius 1 is 1.42 bits per heavy atom. The van der Waals surface area contributed by atoms with Crippen LogP contribution in [0.3, 0.4) is 0 Å². The minimum atomic E-state index is -0.178. The highest BCUT2D eigenvalue weighted by atomic mass is 32.1. The summed E-state index contributed by atoms with van der Waals surface area (Å²) in [5.74, 6) is 0.699. The van der Waals surface area contributed by atoms with Crippen LogP contribution in [0.25, 0.3) is 0 Å². The Morgan fingerprint density at radius 3 is 2.92 bits per heavy atom. The van der Waals surface area contributed by atoms with Crippen LogP contribution in [0.15, 0.2) is 34.6 Å². The standard InChI is InChI=1S/C18H25FN4S/c1-4-20-18(23(3)12-17-13-24-14(2)22-17)21-10-6-8-15-7-5-9-16(19)11-15/h5,7,9,11,13H,4,6,8,10,12H2,1-3H3,(H,20,21). The summed E-state index contributed by atoms with van der Waals surface area (Å²) < 4.78 is 13.2. The van der Waals surface area contributed by atoms with Crippen LogP contribution in [-0.2, 0) is 13.0 Å². The van der Waals surface area contributed by atoms with E-state index >= 15 is 0 Å². The smallest absolute Gasteiger partial charge is 0.194 e. The van der Waals surface area contributed by atoms with Crippen LogP contribution in [0.1, 0.15) is 29.6 Å². The molecule has 0 atom stereocenters. The van der Waals surface area contributed by atoms with Gasteiger partial charge < -0.3 is 10.2 Å². The number of rotatable bonds is 7. The van der Waals surface area contributed by atoms with Crippen molar-refractivity contribution >= 4 is 17.3 Å². The Balaban J connectivity index is 1.87. The van der Waals surface area contributed by atoms with Crippen LogP contribution < -0.4 is 5.32 Å². The Kier molecular flexibility index (Phi) is 7.18. The number of benzene rings is 1. The van der Waals surface area contributed by atoms with Crippen molar-refractivity contribution < 1.29 is 4.39 Å². The highest BCUT2D eigenvalue weighted by Crippen LogP contribution is 2.10. The van der Waals surface area contributed by atoms with Crippen molar-refractivity contribution in [2.24, 2.45) is 4.99 Å². The van der Waals surface area contributed by atoms with E-state index in [1.807, 2.05) is 20.0 Å². The molecule has 0 bridgehead atoms. The lowest BCUT2D eigenvalue weighted by Crippen LogP contribution is -2.38. The molecule has 0 fully saturated rings. The average molecular weight is 348 g/mol. The number of halogens is 1. The second-order valence-corrected chi connectivity index (χ2v) is 6.75. The molecule has 1 aromatic heterocycles. The third-order valence-corrected chi connectivity index (χ3v) is 4.36. The number of hydrogen-bond acceptors (Lipinski definition) is 3. The van der Waals surface area contributed by atoms with Gasteiger partial charge >= 0.3 is 0 Å². The van der Waals surface area contributed by atoms with E-state index in [9.17, 15) is 4.39 Å². The largest absolute Gasteiger partial charge is 0.357 e. The molecule has 0 aliphatic rings. The quantitative estimate of drug-likeness (QED) is 0.472. The maximum atomic E-state index is 13.2. The van der Waals surface area contributed by atoms with Gasteiger partial charge in [-0.1, -0.05) is 12.1 Å². The summed E-state index contributed by atoms with van der Waals surface area (Å²) in [6, 6.07) is 6.77. The fourth-order valence-corrected chi connectivity index (χ4v) is 3.03. The summed E-state index contributed by atoms with van der Waals surface area (Å²) in [6.07, 6.45) is 1.72. The van der Waals surface area contributed by atoms with Gasteiger partial charge in [-0.15, -0.1) is 11.3 Å². The molecule has 1 heterocycles. The van der Waals surface area contributed by atoms with E-state index in [1.54, 1.807) is 23.5 Å². The van der Waals surface area contributed by atoms with Gasteiger partial charge in [0.1, 0.15) is 5.82 Å². The molecule has 2 rings (SSSR count). The number of aliphatic imine (C=N–C) groups is 1. The maximum Gasteiger partial charge on any atom is 0.194 e. The van der Waals surface area contributed by atoms with Crippen molar-refractivity contribution in [2.75, 3.05) is 20.1 Å². The van der Waals surface area contributed by atoms with E-state index in [0.717, 1.165) is 48.2 Å². The van der Waals surface area contributed by atoms with Crippen LogP contribution in [0.4, 0.5) is 4.39 Å². The first-order valence-corrected chi connectivity index (χ1v) is 9.11. The van der Waals surface area contributed by atoms with Crippen molar-refractivity contribution in [1.29, 1.82) is 0 Å². The lowest BCUT2D eigenvalue weighted by Gasteiger charge is -2.21. The van der Waals surface area contributed by atoms with Gasteiger partial charge in [-0.2, -0.15) is 0 Å². The second-order valence-electron chi connectivity index (χ2n) is 5.68. The second kappa shape index (κ2) is 9.37. The van der Waals surface area contributed by atoms with Crippen molar-refractivity contribution in [3.05, 3.63) is 51.7 Å². The zero-order chi connectivity index (χ0) is 17.4. The zero-order valence-corrected chi connectivity index (χ0v) is 15.4. The van der Waals surface area contributed by atoms with Gasteiger partial charge in [0, 0.05) is 25.5 Å². The van der Waals surface area contributed by atoms with Crippen molar-refractivity contribution in [3.63, 3.8) is 0 Å². The number of guanidine groups is 1. The van der Waals surface area contributed by atoms with Gasteiger partial charge in [-0.3, -0.25) is 4.99 Å². The van der Waals surface area contributed by atoms with Gasteiger partial charge in [0.05, 0.1) is 17.2 Å². The van der Waals surface area contributed by atoms with Gasteiger partial charge in [-0.05, 0) is 44.4 Å². The highest BCUT2D eigenvalue weighted by Gasteiger charge is 2.08. The molecule has 130 valence electrons. The van der Waals surface area contributed by atoms with Crippen molar-refractivity contribution in [1.82, 2.24) is 15.2 Å². The lowest BCUT2D eigenvalue weighted by molar-refractivity contribution is 0.470. The SMILES string of the molecule is CCNC(=NCCCc1cccc(F)c1)N(C)Cc1csc(C)n1. The topological polar surface area (TPSA) is 40.5 Å². The first kappa shape index (κ1) is 18.4. The monoisotopic (exact) mass is 348 g/mol. The number of aromatic nitrogens is 1. The van der Waals surface area contributed by atoms with E-state index in [2.05, 4.69) is 32.5 Å². The zero-order valence-electron chi connectivity index (χ0n) is 14.6. The molecule has 0 unspecified atom stereocenters. The lowest BCUT2D eigenvalue weighted by atomic mass is 10.1. The van der Waals surface area contributed by atoms with E-state index < -0.39 is 0 Å². The molecule has 24 heavy (non-hydrogen) atoms. The van der Waals surface area contributed by atoms with Crippen LogP contribution in [-0.4, -0.2) is 36.0 Å². The first-order valence-electron chi connectivity index (χ1n) is 8.23. The minimum Gasteiger partial charge on any atom is -0.357 e. The predicted octanol–water partition coefficient (Wildman–Crippen LogP) is 3.62. The van der Waals surface area contributed by atoms with Crippen molar-refractivity contribution in [2.45, 2.75) is 33.2 Å². The molecular weight excluding hydrogens is 323 g/mol. The molecule has 0 aliphatic heterocycles. The van der Waals surface area contributed by atoms with E-state index in [4.69, 9.17) is 0 Å². The molecule has 0 amide bonds. The van der Waals surface area contributed by atoms with E-state index in [1.165, 1.54) is 6.07 Å². The molecule has 6 heteroatoms. The van der Waals surface area contributed by atoms with Crippen LogP contribution in [0.5, 0.6) is 0 Å². The van der Waals surface area contributed by atoms with E-state index in [0.29, 0.717) is 6.54 Å². The molecule has 1 N–H and O–H groups in total. The Hall–Kier alpha value is -1.95. The molecule has 1 aromatic carbocycles. The Morgan fingerprint density at radius 2 is 2.25 bits per heavy atom. The van der Waals surface area contributed by atoms with Crippen molar-refractivity contribution in [3.8, 4) is 0 Å². The number of hydrogen-bond donors (Lipinski definition) is 1. The highest BCUT2D eigenvalue weighted by molar-refractivity contribution is 7.09. The molecule has 0 saturated heterocycles. The normalized spacial score (nSPS) is 11.6. The first-order chi connectivity index (χ1) is 11.6. The summed E-state index contributed by atoms with van der Waals surface area (Å²) in [7, 11) is 2.02. The molecule has 0 saturated carbocycles. The number of nitrogens with zero attached hydrogens (tertiary/aromatic N) is 3. The molecular formula is C18H25FN4S. The fourth-order valence-electron chi connectivity index (χ4n) is 2.43. The van der Waals surface area contributed by atoms with Crippen LogP contribution >= 0.6 is 11.3 Å². The number of thiazole rings is 1. The molecule has 4 nitrogen and oxygen atoms in total. The summed E-state index contributed by atoms with van der Waals surface area (Å²) in [5.41, 5.74) is 2.08. The predicted molar refractivity (Wildman–Crippen MR) is 99.0 cm³/mol. The van der Waals surface area contributed by atoms with Crippen LogP contribution in [0, 0.1) is 12.7 Å². The van der Waals surface area contributed by atoms with Crippen LogP contribution in [0.2, 0.25) is 0 Å². The number of aryl methyl sites for hydroxylation is 2. The summed E-state index contributed by atoms with van der Waals surface area (Å²) in [5, 5.41) is 6.47. The number of nitrogens with one attached hydrogen (secondary N) is 1. The molecule has 0 radical (unpaired) electrons. The summed E-state index contributed by atoms with van der Waals surface area (Å²) in [6.45, 7) is 6.34. The third-order valence-electron chi connectivity index (χ3n) is 3.54. The van der Waals surface area contributed by atoms with Gasteiger partial charge in [0.25, 0.3) is 0 Å². The Bertz CT molecular complexity index is 669. The van der Waals surface area contributed by atoms with Gasteiger partial charge in [0.15, 0.2) is 5.96 Å². The minimum absolute atomic E-state index is 0.178. The maximum absolute atomic E-state index is 13.2. The van der Waals surface area contributed by atoms with Gasteiger partial charge in [-0.25, -0.2) is 9.37 Å². The molecule has 0 spiro atoms. The third kappa shape index (κ3) is 5.92. The Labute approximate surface area is 147 Å².